The van der Waals surface area contributed by atoms with Gasteiger partial charge in [-0.25, -0.2) is 0 Å². The summed E-state index contributed by atoms with van der Waals surface area (Å²) >= 11 is 1.38. The molecule has 0 saturated carbocycles. The first-order valence-electron chi connectivity index (χ1n) is 6.28. The average molecular weight is 307 g/mol. The number of methoxy groups -OCH3 is 1. The Labute approximate surface area is 127 Å². The number of hydrogen-bond donors (Lipinski definition) is 2. The van der Waals surface area contributed by atoms with Gasteiger partial charge in [0.05, 0.1) is 24.5 Å². The second-order valence-corrected chi connectivity index (χ2v) is 5.32. The van der Waals surface area contributed by atoms with Crippen molar-refractivity contribution in [3.8, 4) is 6.07 Å². The number of ether oxygens (including phenoxy) is 1. The Hall–Kier alpha value is -2.04. The van der Waals surface area contributed by atoms with E-state index in [1.807, 2.05) is 6.07 Å². The normalized spacial score (nSPS) is 11.3. The van der Waals surface area contributed by atoms with Crippen LogP contribution in [-0.2, 0) is 14.3 Å². The minimum absolute atomic E-state index is 0.165. The summed E-state index contributed by atoms with van der Waals surface area (Å²) in [6, 6.07) is 8.05. The molecule has 0 fully saturated rings. The molecule has 0 heterocycles. The fourth-order valence-electron chi connectivity index (χ4n) is 1.51. The number of benzene rings is 1. The number of carbonyl (C=O) groups is 2. The van der Waals surface area contributed by atoms with E-state index in [0.717, 1.165) is 0 Å². The summed E-state index contributed by atoms with van der Waals surface area (Å²) < 4.78 is 4.51. The summed E-state index contributed by atoms with van der Waals surface area (Å²) in [5.74, 6) is 0.224. The van der Waals surface area contributed by atoms with Gasteiger partial charge in [-0.05, 0) is 30.4 Å². The number of carbonyl (C=O) groups excluding carboxylic acids is 2. The van der Waals surface area contributed by atoms with Crippen molar-refractivity contribution >= 4 is 29.3 Å². The second kappa shape index (κ2) is 9.00. The molecule has 7 heteroatoms. The maximum atomic E-state index is 11.7. The van der Waals surface area contributed by atoms with E-state index >= 15 is 0 Å². The minimum Gasteiger partial charge on any atom is -0.468 e. The molecular formula is C14H17N3O3S. The number of esters is 1. The van der Waals surface area contributed by atoms with Gasteiger partial charge in [0.2, 0.25) is 5.91 Å². The van der Waals surface area contributed by atoms with E-state index in [4.69, 9.17) is 11.0 Å². The molecule has 0 aliphatic heterocycles. The summed E-state index contributed by atoms with van der Waals surface area (Å²) in [5, 5.41) is 11.5. The molecule has 1 aromatic carbocycles. The SMILES string of the molecule is COC(=O)C(N)CCSCC(=O)Nc1cccc(C#N)c1. The molecule has 0 saturated heterocycles. The van der Waals surface area contributed by atoms with E-state index < -0.39 is 12.0 Å². The number of nitrogens with two attached hydrogens (primary N) is 1. The molecule has 0 aliphatic carbocycles. The average Bonchev–Trinajstić information content (AvgIpc) is 2.50. The van der Waals surface area contributed by atoms with Crippen molar-refractivity contribution in [3.63, 3.8) is 0 Å². The first kappa shape index (κ1) is 17.0. The van der Waals surface area contributed by atoms with Crippen LogP contribution in [0.25, 0.3) is 0 Å². The molecule has 112 valence electrons. The molecule has 6 nitrogen and oxygen atoms in total. The van der Waals surface area contributed by atoms with E-state index in [1.54, 1.807) is 24.3 Å². The van der Waals surface area contributed by atoms with Crippen LogP contribution in [0.4, 0.5) is 5.69 Å². The number of rotatable bonds is 7. The van der Waals surface area contributed by atoms with Gasteiger partial charge >= 0.3 is 5.97 Å². The third kappa shape index (κ3) is 6.29. The first-order valence-corrected chi connectivity index (χ1v) is 7.43. The van der Waals surface area contributed by atoms with Gasteiger partial charge in [0.15, 0.2) is 0 Å². The summed E-state index contributed by atoms with van der Waals surface area (Å²) in [4.78, 5) is 22.8. The lowest BCUT2D eigenvalue weighted by Crippen LogP contribution is -2.32. The predicted octanol–water partition coefficient (Wildman–Crippen LogP) is 1.12. The standard InChI is InChI=1S/C14H17N3O3S/c1-20-14(19)12(16)5-6-21-9-13(18)17-11-4-2-3-10(7-11)8-15/h2-4,7,12H,5-6,9,16H2,1H3,(H,17,18). The quantitative estimate of drug-likeness (QED) is 0.577. The Morgan fingerprint density at radius 1 is 1.52 bits per heavy atom. The molecule has 1 rings (SSSR count). The molecule has 0 aliphatic rings. The van der Waals surface area contributed by atoms with Gasteiger partial charge in [-0.15, -0.1) is 0 Å². The van der Waals surface area contributed by atoms with Crippen LogP contribution in [0.2, 0.25) is 0 Å². The van der Waals surface area contributed by atoms with E-state index in [9.17, 15) is 9.59 Å². The van der Waals surface area contributed by atoms with E-state index in [1.165, 1.54) is 18.9 Å². The molecule has 0 radical (unpaired) electrons. The molecule has 3 N–H and O–H groups in total. The lowest BCUT2D eigenvalue weighted by Gasteiger charge is -2.09. The summed E-state index contributed by atoms with van der Waals surface area (Å²) in [6.07, 6.45) is 0.453. The smallest absolute Gasteiger partial charge is 0.322 e. The highest BCUT2D eigenvalue weighted by Crippen LogP contribution is 2.11. The van der Waals surface area contributed by atoms with Crippen LogP contribution in [0.1, 0.15) is 12.0 Å². The van der Waals surface area contributed by atoms with Crippen molar-refractivity contribution in [3.05, 3.63) is 29.8 Å². The van der Waals surface area contributed by atoms with Gasteiger partial charge in [-0.2, -0.15) is 17.0 Å². The molecule has 1 amide bonds. The molecule has 0 spiro atoms. The third-order valence-corrected chi connectivity index (χ3v) is 3.58. The zero-order chi connectivity index (χ0) is 15.7. The van der Waals surface area contributed by atoms with Crippen LogP contribution in [0.3, 0.4) is 0 Å². The number of amides is 1. The van der Waals surface area contributed by atoms with Crippen LogP contribution in [0.5, 0.6) is 0 Å². The Kier molecular flexibility index (Phi) is 7.29. The van der Waals surface area contributed by atoms with E-state index in [0.29, 0.717) is 23.4 Å². The number of nitrogens with one attached hydrogen (secondary N) is 1. The van der Waals surface area contributed by atoms with Crippen molar-refractivity contribution in [1.82, 2.24) is 0 Å². The highest BCUT2D eigenvalue weighted by molar-refractivity contribution is 7.99. The molecule has 0 bridgehead atoms. The Morgan fingerprint density at radius 3 is 2.95 bits per heavy atom. The number of thioether (sulfide) groups is 1. The van der Waals surface area contributed by atoms with Crippen LogP contribution >= 0.6 is 11.8 Å². The maximum absolute atomic E-state index is 11.7. The third-order valence-electron chi connectivity index (χ3n) is 2.59. The molecule has 21 heavy (non-hydrogen) atoms. The predicted molar refractivity (Wildman–Crippen MR) is 81.7 cm³/mol. The largest absolute Gasteiger partial charge is 0.468 e. The molecular weight excluding hydrogens is 290 g/mol. The van der Waals surface area contributed by atoms with Gasteiger partial charge in [0, 0.05) is 5.69 Å². The molecule has 1 unspecified atom stereocenters. The summed E-state index contributed by atoms with van der Waals surface area (Å²) in [6.45, 7) is 0. The highest BCUT2D eigenvalue weighted by Gasteiger charge is 2.13. The molecule has 0 aromatic heterocycles. The number of hydrogen-bond acceptors (Lipinski definition) is 6. The Bertz CT molecular complexity index is 543. The minimum atomic E-state index is -0.655. The first-order chi connectivity index (χ1) is 10.1. The molecule has 1 aromatic rings. The van der Waals surface area contributed by atoms with Gasteiger partial charge < -0.3 is 15.8 Å². The topological polar surface area (TPSA) is 105 Å². The van der Waals surface area contributed by atoms with Crippen molar-refractivity contribution < 1.29 is 14.3 Å². The van der Waals surface area contributed by atoms with Crippen molar-refractivity contribution in [2.45, 2.75) is 12.5 Å². The van der Waals surface area contributed by atoms with E-state index in [2.05, 4.69) is 10.1 Å². The highest BCUT2D eigenvalue weighted by atomic mass is 32.2. The van der Waals surface area contributed by atoms with Gasteiger partial charge in [-0.1, -0.05) is 6.07 Å². The summed E-state index contributed by atoms with van der Waals surface area (Å²) in [7, 11) is 1.29. The number of nitriles is 1. The number of nitrogens with zero attached hydrogens (tertiary/aromatic N) is 1. The van der Waals surface area contributed by atoms with Crippen LogP contribution in [0, 0.1) is 11.3 Å². The lowest BCUT2D eigenvalue weighted by molar-refractivity contribution is -0.142. The monoisotopic (exact) mass is 307 g/mol. The van der Waals surface area contributed by atoms with Crippen LogP contribution < -0.4 is 11.1 Å². The number of anilines is 1. The fourth-order valence-corrected chi connectivity index (χ4v) is 2.33. The van der Waals surface area contributed by atoms with Gasteiger partial charge in [0.1, 0.15) is 6.04 Å². The van der Waals surface area contributed by atoms with Gasteiger partial charge in [0.25, 0.3) is 0 Å². The fraction of sp³-hybridized carbons (Fsp3) is 0.357. The zero-order valence-corrected chi connectivity index (χ0v) is 12.5. The van der Waals surface area contributed by atoms with Crippen molar-refractivity contribution in [1.29, 1.82) is 5.26 Å². The molecule has 1 atom stereocenters. The Morgan fingerprint density at radius 2 is 2.29 bits per heavy atom. The van der Waals surface area contributed by atoms with Crippen molar-refractivity contribution in [2.75, 3.05) is 23.9 Å². The van der Waals surface area contributed by atoms with Crippen molar-refractivity contribution in [2.24, 2.45) is 5.73 Å². The Balaban J connectivity index is 2.28. The summed E-state index contributed by atoms with van der Waals surface area (Å²) in [5.41, 5.74) is 6.66. The van der Waals surface area contributed by atoms with E-state index in [-0.39, 0.29) is 11.7 Å². The van der Waals surface area contributed by atoms with Crippen LogP contribution in [0.15, 0.2) is 24.3 Å². The van der Waals surface area contributed by atoms with Crippen LogP contribution in [-0.4, -0.2) is 36.5 Å². The maximum Gasteiger partial charge on any atom is 0.322 e. The lowest BCUT2D eigenvalue weighted by atomic mass is 10.2. The second-order valence-electron chi connectivity index (χ2n) is 4.21. The zero-order valence-electron chi connectivity index (χ0n) is 11.7. The van der Waals surface area contributed by atoms with Gasteiger partial charge in [-0.3, -0.25) is 9.59 Å².